The summed E-state index contributed by atoms with van der Waals surface area (Å²) < 4.78 is 4.63. The van der Waals surface area contributed by atoms with Crippen LogP contribution in [0.3, 0.4) is 0 Å². The zero-order chi connectivity index (χ0) is 11.5. The molecule has 2 heterocycles. The first kappa shape index (κ1) is 10.6. The van der Waals surface area contributed by atoms with Crippen molar-refractivity contribution in [2.75, 3.05) is 18.6 Å². The molecule has 1 atom stereocenters. The summed E-state index contributed by atoms with van der Waals surface area (Å²) in [6.07, 6.45) is 3.46. The summed E-state index contributed by atoms with van der Waals surface area (Å²) in [5, 5.41) is 0. The van der Waals surface area contributed by atoms with Gasteiger partial charge in [0.2, 0.25) is 5.91 Å². The van der Waals surface area contributed by atoms with Crippen molar-refractivity contribution in [3.63, 3.8) is 0 Å². The first-order valence-electron chi connectivity index (χ1n) is 5.00. The smallest absolute Gasteiger partial charge is 0.311 e. The first-order valence-corrected chi connectivity index (χ1v) is 5.00. The Hall–Kier alpha value is -1.91. The van der Waals surface area contributed by atoms with Gasteiger partial charge in [0.15, 0.2) is 0 Å². The number of hydrogen-bond donors (Lipinski definition) is 0. The summed E-state index contributed by atoms with van der Waals surface area (Å²) >= 11 is 0. The van der Waals surface area contributed by atoms with Crippen molar-refractivity contribution in [1.82, 2.24) is 4.98 Å². The van der Waals surface area contributed by atoms with Crippen LogP contribution in [0.15, 0.2) is 24.5 Å². The van der Waals surface area contributed by atoms with Gasteiger partial charge in [0, 0.05) is 19.2 Å². The van der Waals surface area contributed by atoms with Crippen molar-refractivity contribution in [3.05, 3.63) is 24.5 Å². The SMILES string of the molecule is COC(=O)[C@H]1CC(=O)N(c2cccnc2)C1. The molecule has 16 heavy (non-hydrogen) atoms. The van der Waals surface area contributed by atoms with Gasteiger partial charge in [0.1, 0.15) is 0 Å². The van der Waals surface area contributed by atoms with Crippen molar-refractivity contribution in [2.24, 2.45) is 5.92 Å². The number of carbonyl (C=O) groups excluding carboxylic acids is 2. The molecule has 1 aliphatic rings. The van der Waals surface area contributed by atoms with E-state index in [4.69, 9.17) is 0 Å². The van der Waals surface area contributed by atoms with Crippen LogP contribution in [-0.2, 0) is 14.3 Å². The van der Waals surface area contributed by atoms with Crippen molar-refractivity contribution in [2.45, 2.75) is 6.42 Å². The second kappa shape index (κ2) is 4.30. The lowest BCUT2D eigenvalue weighted by atomic mass is 10.1. The molecule has 1 aliphatic heterocycles. The van der Waals surface area contributed by atoms with E-state index in [-0.39, 0.29) is 24.2 Å². The Labute approximate surface area is 93.0 Å². The van der Waals surface area contributed by atoms with Crippen LogP contribution in [0.4, 0.5) is 5.69 Å². The number of nitrogens with zero attached hydrogens (tertiary/aromatic N) is 2. The summed E-state index contributed by atoms with van der Waals surface area (Å²) in [6, 6.07) is 3.55. The number of esters is 1. The molecule has 0 spiro atoms. The lowest BCUT2D eigenvalue weighted by molar-refractivity contribution is -0.145. The van der Waals surface area contributed by atoms with E-state index in [9.17, 15) is 9.59 Å². The topological polar surface area (TPSA) is 59.5 Å². The summed E-state index contributed by atoms with van der Waals surface area (Å²) in [6.45, 7) is 0.372. The third-order valence-electron chi connectivity index (χ3n) is 2.62. The quantitative estimate of drug-likeness (QED) is 0.685. The predicted octanol–water partition coefficient (Wildman–Crippen LogP) is 0.608. The summed E-state index contributed by atoms with van der Waals surface area (Å²) in [4.78, 5) is 28.5. The Balaban J connectivity index is 2.14. The number of methoxy groups -OCH3 is 1. The minimum absolute atomic E-state index is 0.0663. The van der Waals surface area contributed by atoms with E-state index in [1.165, 1.54) is 7.11 Å². The Morgan fingerprint density at radius 3 is 3.06 bits per heavy atom. The van der Waals surface area contributed by atoms with E-state index in [0.29, 0.717) is 6.54 Å². The minimum atomic E-state index is -0.363. The second-order valence-corrected chi connectivity index (χ2v) is 3.64. The maximum absolute atomic E-state index is 11.7. The standard InChI is InChI=1S/C11H12N2O3/c1-16-11(15)8-5-10(14)13(7-8)9-3-2-4-12-6-9/h2-4,6,8H,5,7H2,1H3/t8-/m0/s1. The van der Waals surface area contributed by atoms with Crippen molar-refractivity contribution >= 4 is 17.6 Å². The van der Waals surface area contributed by atoms with Gasteiger partial charge in [-0.05, 0) is 12.1 Å². The molecule has 5 heteroatoms. The van der Waals surface area contributed by atoms with Crippen LogP contribution in [0.2, 0.25) is 0 Å². The Morgan fingerprint density at radius 2 is 2.44 bits per heavy atom. The third-order valence-corrected chi connectivity index (χ3v) is 2.62. The second-order valence-electron chi connectivity index (χ2n) is 3.64. The zero-order valence-corrected chi connectivity index (χ0v) is 8.92. The Bertz CT molecular complexity index is 405. The van der Waals surface area contributed by atoms with Gasteiger partial charge in [-0.15, -0.1) is 0 Å². The van der Waals surface area contributed by atoms with Crippen LogP contribution in [0.25, 0.3) is 0 Å². The van der Waals surface area contributed by atoms with Crippen LogP contribution in [0, 0.1) is 5.92 Å². The lowest BCUT2D eigenvalue weighted by Crippen LogP contribution is -2.26. The van der Waals surface area contributed by atoms with Gasteiger partial charge < -0.3 is 9.64 Å². The molecule has 0 aliphatic carbocycles. The van der Waals surface area contributed by atoms with Gasteiger partial charge in [-0.1, -0.05) is 0 Å². The molecule has 0 aromatic carbocycles. The first-order chi connectivity index (χ1) is 7.72. The molecule has 84 valence electrons. The molecule has 0 bridgehead atoms. The monoisotopic (exact) mass is 220 g/mol. The number of pyridine rings is 1. The third kappa shape index (κ3) is 1.88. The van der Waals surface area contributed by atoms with Gasteiger partial charge in [0.25, 0.3) is 0 Å². The van der Waals surface area contributed by atoms with E-state index in [1.807, 2.05) is 0 Å². The van der Waals surface area contributed by atoms with Gasteiger partial charge in [-0.3, -0.25) is 14.6 Å². The lowest BCUT2D eigenvalue weighted by Gasteiger charge is -2.15. The van der Waals surface area contributed by atoms with Crippen LogP contribution in [0.5, 0.6) is 0 Å². The van der Waals surface area contributed by atoms with Crippen molar-refractivity contribution < 1.29 is 14.3 Å². The van der Waals surface area contributed by atoms with Gasteiger partial charge >= 0.3 is 5.97 Å². The highest BCUT2D eigenvalue weighted by molar-refractivity contribution is 5.99. The highest BCUT2D eigenvalue weighted by Crippen LogP contribution is 2.24. The fraction of sp³-hybridized carbons (Fsp3) is 0.364. The zero-order valence-electron chi connectivity index (χ0n) is 8.92. The van der Waals surface area contributed by atoms with E-state index in [1.54, 1.807) is 29.4 Å². The van der Waals surface area contributed by atoms with Gasteiger partial charge in [-0.25, -0.2) is 0 Å². The molecule has 1 aromatic heterocycles. The maximum atomic E-state index is 11.7. The molecule has 1 amide bonds. The molecule has 0 unspecified atom stereocenters. The predicted molar refractivity (Wildman–Crippen MR) is 56.7 cm³/mol. The molecule has 1 saturated heterocycles. The molecule has 0 saturated carbocycles. The van der Waals surface area contributed by atoms with Crippen molar-refractivity contribution in [3.8, 4) is 0 Å². The molecule has 1 fully saturated rings. The fourth-order valence-corrected chi connectivity index (χ4v) is 1.80. The van der Waals surface area contributed by atoms with Crippen LogP contribution in [0.1, 0.15) is 6.42 Å². The largest absolute Gasteiger partial charge is 0.469 e. The minimum Gasteiger partial charge on any atom is -0.469 e. The van der Waals surface area contributed by atoms with Gasteiger partial charge in [-0.2, -0.15) is 0 Å². The number of anilines is 1. The molecule has 2 rings (SSSR count). The normalized spacial score (nSPS) is 19.9. The number of amides is 1. The molecular formula is C11H12N2O3. The van der Waals surface area contributed by atoms with Crippen LogP contribution in [-0.4, -0.2) is 30.5 Å². The summed E-state index contributed by atoms with van der Waals surface area (Å²) in [5.41, 5.74) is 0.721. The van der Waals surface area contributed by atoms with E-state index in [0.717, 1.165) is 5.69 Å². The average Bonchev–Trinajstić information content (AvgIpc) is 2.71. The molecule has 5 nitrogen and oxygen atoms in total. The average molecular weight is 220 g/mol. The fourth-order valence-electron chi connectivity index (χ4n) is 1.80. The van der Waals surface area contributed by atoms with Crippen LogP contribution < -0.4 is 4.90 Å². The molecule has 0 N–H and O–H groups in total. The van der Waals surface area contributed by atoms with E-state index >= 15 is 0 Å². The Kier molecular flexibility index (Phi) is 2.85. The van der Waals surface area contributed by atoms with E-state index in [2.05, 4.69) is 9.72 Å². The number of carbonyl (C=O) groups is 2. The number of rotatable bonds is 2. The summed E-state index contributed by atoms with van der Waals surface area (Å²) in [5.74, 6) is -0.763. The van der Waals surface area contributed by atoms with E-state index < -0.39 is 0 Å². The summed E-state index contributed by atoms with van der Waals surface area (Å²) in [7, 11) is 1.33. The molecule has 1 aromatic rings. The highest BCUT2D eigenvalue weighted by atomic mass is 16.5. The molecular weight excluding hydrogens is 208 g/mol. The van der Waals surface area contributed by atoms with Crippen LogP contribution >= 0.6 is 0 Å². The van der Waals surface area contributed by atoms with Gasteiger partial charge in [0.05, 0.1) is 24.9 Å². The Morgan fingerprint density at radius 1 is 1.62 bits per heavy atom. The highest BCUT2D eigenvalue weighted by Gasteiger charge is 2.35. The molecule has 0 radical (unpaired) electrons. The van der Waals surface area contributed by atoms with Crippen molar-refractivity contribution in [1.29, 1.82) is 0 Å². The number of ether oxygens (including phenoxy) is 1. The maximum Gasteiger partial charge on any atom is 0.311 e. The number of hydrogen-bond acceptors (Lipinski definition) is 4. The number of aromatic nitrogens is 1.